The molecule has 0 atom stereocenters. The van der Waals surface area contributed by atoms with E-state index in [9.17, 15) is 4.79 Å². The normalized spacial score (nSPS) is 15.7. The summed E-state index contributed by atoms with van der Waals surface area (Å²) in [6.45, 7) is 3.83. The first kappa shape index (κ1) is 20.8. The van der Waals surface area contributed by atoms with Crippen LogP contribution < -0.4 is 5.32 Å². The van der Waals surface area contributed by atoms with E-state index in [0.717, 1.165) is 22.9 Å². The Balaban J connectivity index is 1.45. The van der Waals surface area contributed by atoms with Gasteiger partial charge in [0.25, 0.3) is 0 Å². The zero-order chi connectivity index (χ0) is 21.0. The van der Waals surface area contributed by atoms with Crippen LogP contribution in [0.4, 0.5) is 0 Å². The van der Waals surface area contributed by atoms with Crippen molar-refractivity contribution in [1.82, 2.24) is 10.3 Å². The number of benzene rings is 2. The minimum Gasteiger partial charge on any atom is -0.441 e. The minimum absolute atomic E-state index is 0.0492. The molecular weight excluding hydrogens is 444 g/mol. The monoisotopic (exact) mass is 468 g/mol. The number of nitrogens with zero attached hydrogens (tertiary/aromatic N) is 1. The van der Waals surface area contributed by atoms with Gasteiger partial charge in [0.15, 0.2) is 0 Å². The van der Waals surface area contributed by atoms with Crippen LogP contribution >= 0.6 is 15.9 Å². The van der Waals surface area contributed by atoms with Crippen LogP contribution in [0.3, 0.4) is 0 Å². The fourth-order valence-corrected chi connectivity index (χ4v) is 4.33. The van der Waals surface area contributed by atoms with Crippen molar-refractivity contribution in [3.05, 3.63) is 76.1 Å². The SMILES string of the molecule is Cc1oc(-c2ccccc2)nc1CC(=O)NCC1(c2cccc(Br)c2)CCOCC1. The van der Waals surface area contributed by atoms with Crippen LogP contribution in [-0.4, -0.2) is 30.6 Å². The number of rotatable bonds is 6. The third-order valence-electron chi connectivity index (χ3n) is 5.75. The number of amides is 1. The first-order valence-corrected chi connectivity index (χ1v) is 11.0. The summed E-state index contributed by atoms with van der Waals surface area (Å²) in [5.74, 6) is 1.18. The average molecular weight is 469 g/mol. The summed E-state index contributed by atoms with van der Waals surface area (Å²) in [6, 6.07) is 18.1. The lowest BCUT2D eigenvalue weighted by Crippen LogP contribution is -2.45. The van der Waals surface area contributed by atoms with E-state index < -0.39 is 0 Å². The molecule has 0 bridgehead atoms. The largest absolute Gasteiger partial charge is 0.441 e. The third-order valence-corrected chi connectivity index (χ3v) is 6.25. The van der Waals surface area contributed by atoms with Crippen molar-refractivity contribution in [2.24, 2.45) is 0 Å². The smallest absolute Gasteiger partial charge is 0.226 e. The molecule has 3 aromatic rings. The Morgan fingerprint density at radius 3 is 2.63 bits per heavy atom. The minimum atomic E-state index is -0.119. The van der Waals surface area contributed by atoms with Gasteiger partial charge in [-0.25, -0.2) is 4.98 Å². The summed E-state index contributed by atoms with van der Waals surface area (Å²) in [5, 5.41) is 3.14. The first-order valence-electron chi connectivity index (χ1n) is 10.2. The van der Waals surface area contributed by atoms with Crippen LogP contribution in [0.2, 0.25) is 0 Å². The number of nitrogens with one attached hydrogen (secondary N) is 1. The van der Waals surface area contributed by atoms with E-state index in [1.54, 1.807) is 0 Å². The number of hydrogen-bond acceptors (Lipinski definition) is 4. The molecule has 0 unspecified atom stereocenters. The number of oxazole rings is 1. The Labute approximate surface area is 185 Å². The van der Waals surface area contributed by atoms with Gasteiger partial charge >= 0.3 is 0 Å². The molecule has 4 rings (SSSR count). The first-order chi connectivity index (χ1) is 14.6. The van der Waals surface area contributed by atoms with Gasteiger partial charge in [0, 0.05) is 35.2 Å². The van der Waals surface area contributed by atoms with Gasteiger partial charge in [0.05, 0.1) is 12.1 Å². The molecule has 1 aliphatic heterocycles. The molecule has 2 aromatic carbocycles. The van der Waals surface area contributed by atoms with E-state index >= 15 is 0 Å². The zero-order valence-corrected chi connectivity index (χ0v) is 18.6. The van der Waals surface area contributed by atoms with Crippen LogP contribution in [0.25, 0.3) is 11.5 Å². The number of carbonyl (C=O) groups is 1. The molecule has 1 aromatic heterocycles. The van der Waals surface area contributed by atoms with Gasteiger partial charge in [-0.05, 0) is 49.6 Å². The molecule has 30 heavy (non-hydrogen) atoms. The summed E-state index contributed by atoms with van der Waals surface area (Å²) in [7, 11) is 0. The lowest BCUT2D eigenvalue weighted by molar-refractivity contribution is -0.121. The number of aromatic nitrogens is 1. The van der Waals surface area contributed by atoms with Gasteiger partial charge in [-0.2, -0.15) is 0 Å². The van der Waals surface area contributed by atoms with Crippen molar-refractivity contribution in [2.45, 2.75) is 31.6 Å². The van der Waals surface area contributed by atoms with Crippen molar-refractivity contribution in [3.63, 3.8) is 0 Å². The standard InChI is InChI=1S/C24H25BrN2O3/c1-17-21(27-23(30-17)18-6-3-2-4-7-18)15-22(28)26-16-24(10-12-29-13-11-24)19-8-5-9-20(25)14-19/h2-9,14H,10-13,15-16H2,1H3,(H,26,28). The second-order valence-electron chi connectivity index (χ2n) is 7.74. The molecule has 1 fully saturated rings. The predicted octanol–water partition coefficient (Wildman–Crippen LogP) is 4.82. The molecule has 0 aliphatic carbocycles. The van der Waals surface area contributed by atoms with E-state index in [2.05, 4.69) is 38.4 Å². The summed E-state index contributed by atoms with van der Waals surface area (Å²) < 4.78 is 12.4. The quantitative estimate of drug-likeness (QED) is 0.563. The summed E-state index contributed by atoms with van der Waals surface area (Å²) in [4.78, 5) is 17.3. The fraction of sp³-hybridized carbons (Fsp3) is 0.333. The molecule has 6 heteroatoms. The molecule has 0 saturated carbocycles. The van der Waals surface area contributed by atoms with E-state index in [-0.39, 0.29) is 17.7 Å². The maximum atomic E-state index is 12.8. The lowest BCUT2D eigenvalue weighted by Gasteiger charge is -2.38. The molecule has 1 amide bonds. The maximum Gasteiger partial charge on any atom is 0.226 e. The maximum absolute atomic E-state index is 12.8. The highest BCUT2D eigenvalue weighted by atomic mass is 79.9. The number of aryl methyl sites for hydroxylation is 1. The lowest BCUT2D eigenvalue weighted by atomic mass is 9.74. The second-order valence-corrected chi connectivity index (χ2v) is 8.66. The summed E-state index contributed by atoms with van der Waals surface area (Å²) >= 11 is 3.57. The molecule has 0 radical (unpaired) electrons. The number of ether oxygens (including phenoxy) is 1. The molecule has 0 spiro atoms. The van der Waals surface area contributed by atoms with Gasteiger partial charge in [-0.1, -0.05) is 46.3 Å². The average Bonchev–Trinajstić information content (AvgIpc) is 3.14. The van der Waals surface area contributed by atoms with Crippen molar-refractivity contribution in [3.8, 4) is 11.5 Å². The Kier molecular flexibility index (Phi) is 6.35. The van der Waals surface area contributed by atoms with Gasteiger partial charge in [-0.15, -0.1) is 0 Å². The van der Waals surface area contributed by atoms with Gasteiger partial charge in [0.1, 0.15) is 5.76 Å². The van der Waals surface area contributed by atoms with Gasteiger partial charge in [-0.3, -0.25) is 4.79 Å². The summed E-state index contributed by atoms with van der Waals surface area (Å²) in [5.41, 5.74) is 2.69. The molecule has 1 saturated heterocycles. The van der Waals surface area contributed by atoms with E-state index in [0.29, 0.717) is 37.1 Å². The van der Waals surface area contributed by atoms with Crippen molar-refractivity contribution >= 4 is 21.8 Å². The van der Waals surface area contributed by atoms with Crippen molar-refractivity contribution in [2.75, 3.05) is 19.8 Å². The molecule has 1 aliphatic rings. The predicted molar refractivity (Wildman–Crippen MR) is 119 cm³/mol. The Bertz CT molecular complexity index is 1010. The van der Waals surface area contributed by atoms with Crippen molar-refractivity contribution in [1.29, 1.82) is 0 Å². The second kappa shape index (κ2) is 9.14. The van der Waals surface area contributed by atoms with Crippen LogP contribution in [0, 0.1) is 6.92 Å². The van der Waals surface area contributed by atoms with E-state index in [1.807, 2.05) is 49.4 Å². The van der Waals surface area contributed by atoms with Crippen LogP contribution in [0.1, 0.15) is 29.9 Å². The summed E-state index contributed by atoms with van der Waals surface area (Å²) in [6.07, 6.45) is 1.96. The highest BCUT2D eigenvalue weighted by molar-refractivity contribution is 9.10. The Hall–Kier alpha value is -2.44. The molecule has 1 N–H and O–H groups in total. The Morgan fingerprint density at radius 2 is 1.90 bits per heavy atom. The van der Waals surface area contributed by atoms with Gasteiger partial charge < -0.3 is 14.5 Å². The third kappa shape index (κ3) is 4.65. The highest BCUT2D eigenvalue weighted by Crippen LogP contribution is 2.35. The van der Waals surface area contributed by atoms with E-state index in [4.69, 9.17) is 9.15 Å². The molecule has 2 heterocycles. The number of hydrogen-bond donors (Lipinski definition) is 1. The highest BCUT2D eigenvalue weighted by Gasteiger charge is 2.35. The van der Waals surface area contributed by atoms with Crippen LogP contribution in [-0.2, 0) is 21.4 Å². The van der Waals surface area contributed by atoms with E-state index in [1.165, 1.54) is 5.56 Å². The Morgan fingerprint density at radius 1 is 1.13 bits per heavy atom. The van der Waals surface area contributed by atoms with Gasteiger partial charge in [0.2, 0.25) is 11.8 Å². The fourth-order valence-electron chi connectivity index (χ4n) is 3.93. The number of carbonyl (C=O) groups excluding carboxylic acids is 1. The van der Waals surface area contributed by atoms with Crippen LogP contribution in [0.5, 0.6) is 0 Å². The molecule has 156 valence electrons. The zero-order valence-electron chi connectivity index (χ0n) is 17.0. The topological polar surface area (TPSA) is 64.4 Å². The van der Waals surface area contributed by atoms with Crippen molar-refractivity contribution < 1.29 is 13.9 Å². The van der Waals surface area contributed by atoms with Crippen LogP contribution in [0.15, 0.2) is 63.5 Å². The molecular formula is C24H25BrN2O3. The number of halogens is 1. The molecule has 5 nitrogen and oxygen atoms in total.